The van der Waals surface area contributed by atoms with E-state index in [-0.39, 0.29) is 6.10 Å². The second-order valence-electron chi connectivity index (χ2n) is 4.60. The predicted octanol–water partition coefficient (Wildman–Crippen LogP) is 4.28. The van der Waals surface area contributed by atoms with Crippen molar-refractivity contribution in [1.82, 2.24) is 0 Å². The van der Waals surface area contributed by atoms with Crippen LogP contribution in [0.2, 0.25) is 5.02 Å². The SMILES string of the molecule is CCOc1ccccc1C1CNc2ccc(Cl)cc2O1. The summed E-state index contributed by atoms with van der Waals surface area (Å²) in [5.74, 6) is 1.65. The van der Waals surface area contributed by atoms with Crippen LogP contribution < -0.4 is 14.8 Å². The van der Waals surface area contributed by atoms with Gasteiger partial charge < -0.3 is 14.8 Å². The average molecular weight is 290 g/mol. The highest BCUT2D eigenvalue weighted by molar-refractivity contribution is 6.30. The number of ether oxygens (including phenoxy) is 2. The average Bonchev–Trinajstić information content (AvgIpc) is 2.47. The van der Waals surface area contributed by atoms with Gasteiger partial charge in [-0.1, -0.05) is 29.8 Å². The summed E-state index contributed by atoms with van der Waals surface area (Å²) in [6, 6.07) is 13.6. The Balaban J connectivity index is 1.90. The fourth-order valence-electron chi connectivity index (χ4n) is 2.34. The molecule has 0 amide bonds. The molecule has 0 bridgehead atoms. The van der Waals surface area contributed by atoms with Crippen LogP contribution in [0.5, 0.6) is 11.5 Å². The minimum atomic E-state index is -0.0799. The van der Waals surface area contributed by atoms with E-state index in [0.717, 1.165) is 22.7 Å². The first-order valence-corrected chi connectivity index (χ1v) is 7.07. The van der Waals surface area contributed by atoms with Crippen LogP contribution in [0.1, 0.15) is 18.6 Å². The van der Waals surface area contributed by atoms with Crippen molar-refractivity contribution in [3.05, 3.63) is 53.1 Å². The molecule has 4 heteroatoms. The van der Waals surface area contributed by atoms with Gasteiger partial charge in [-0.15, -0.1) is 0 Å². The van der Waals surface area contributed by atoms with Crippen LogP contribution >= 0.6 is 11.6 Å². The Morgan fingerprint density at radius 1 is 1.30 bits per heavy atom. The summed E-state index contributed by atoms with van der Waals surface area (Å²) in [7, 11) is 0. The third-order valence-electron chi connectivity index (χ3n) is 3.26. The number of para-hydroxylation sites is 1. The second kappa shape index (κ2) is 5.63. The van der Waals surface area contributed by atoms with E-state index in [0.29, 0.717) is 18.2 Å². The monoisotopic (exact) mass is 289 g/mol. The van der Waals surface area contributed by atoms with Gasteiger partial charge >= 0.3 is 0 Å². The third kappa shape index (κ3) is 2.54. The van der Waals surface area contributed by atoms with Crippen molar-refractivity contribution in [1.29, 1.82) is 0 Å². The zero-order valence-corrected chi connectivity index (χ0v) is 12.0. The maximum Gasteiger partial charge on any atom is 0.145 e. The molecule has 0 saturated heterocycles. The van der Waals surface area contributed by atoms with Crippen LogP contribution in [0.25, 0.3) is 0 Å². The Kier molecular flexibility index (Phi) is 3.70. The first-order chi connectivity index (χ1) is 9.78. The van der Waals surface area contributed by atoms with Crippen molar-refractivity contribution >= 4 is 17.3 Å². The van der Waals surface area contributed by atoms with Crippen LogP contribution in [0.15, 0.2) is 42.5 Å². The zero-order chi connectivity index (χ0) is 13.9. The molecule has 0 radical (unpaired) electrons. The highest BCUT2D eigenvalue weighted by Crippen LogP contribution is 2.38. The summed E-state index contributed by atoms with van der Waals surface area (Å²) in [5.41, 5.74) is 2.02. The molecule has 1 heterocycles. The topological polar surface area (TPSA) is 30.5 Å². The fraction of sp³-hybridized carbons (Fsp3) is 0.250. The van der Waals surface area contributed by atoms with Gasteiger partial charge in [0.25, 0.3) is 0 Å². The van der Waals surface area contributed by atoms with Crippen LogP contribution in [0.4, 0.5) is 5.69 Å². The van der Waals surface area contributed by atoms with Crippen molar-refractivity contribution in [3.63, 3.8) is 0 Å². The maximum absolute atomic E-state index is 6.06. The fourth-order valence-corrected chi connectivity index (χ4v) is 2.51. The van der Waals surface area contributed by atoms with Gasteiger partial charge in [0.05, 0.1) is 18.8 Å². The third-order valence-corrected chi connectivity index (χ3v) is 3.49. The smallest absolute Gasteiger partial charge is 0.145 e. The summed E-state index contributed by atoms with van der Waals surface area (Å²) in [6.45, 7) is 3.32. The summed E-state index contributed by atoms with van der Waals surface area (Å²) >= 11 is 6.02. The first kappa shape index (κ1) is 13.1. The largest absolute Gasteiger partial charge is 0.493 e. The molecule has 1 N–H and O–H groups in total. The van der Waals surface area contributed by atoms with Gasteiger partial charge in [-0.05, 0) is 25.1 Å². The Morgan fingerprint density at radius 2 is 2.15 bits per heavy atom. The number of anilines is 1. The van der Waals surface area contributed by atoms with Gasteiger partial charge in [0.15, 0.2) is 0 Å². The quantitative estimate of drug-likeness (QED) is 0.914. The number of fused-ring (bicyclic) bond motifs is 1. The number of nitrogens with one attached hydrogen (secondary N) is 1. The molecule has 0 saturated carbocycles. The lowest BCUT2D eigenvalue weighted by Gasteiger charge is -2.28. The number of hydrogen-bond acceptors (Lipinski definition) is 3. The molecule has 20 heavy (non-hydrogen) atoms. The van der Waals surface area contributed by atoms with Gasteiger partial charge in [0.1, 0.15) is 17.6 Å². The van der Waals surface area contributed by atoms with Crippen LogP contribution in [0, 0.1) is 0 Å². The number of benzene rings is 2. The number of halogens is 1. The van der Waals surface area contributed by atoms with Crippen LogP contribution in [-0.2, 0) is 0 Å². The lowest BCUT2D eigenvalue weighted by Crippen LogP contribution is -2.24. The molecule has 0 aliphatic carbocycles. The minimum Gasteiger partial charge on any atom is -0.493 e. The van der Waals surface area contributed by atoms with Gasteiger partial charge in [-0.2, -0.15) is 0 Å². The molecule has 0 aromatic heterocycles. The number of rotatable bonds is 3. The molecule has 3 nitrogen and oxygen atoms in total. The summed E-state index contributed by atoms with van der Waals surface area (Å²) in [5, 5.41) is 4.04. The molecule has 0 fully saturated rings. The van der Waals surface area contributed by atoms with Gasteiger partial charge in [-0.3, -0.25) is 0 Å². The van der Waals surface area contributed by atoms with E-state index >= 15 is 0 Å². The molecular formula is C16H16ClNO2. The van der Waals surface area contributed by atoms with E-state index in [2.05, 4.69) is 5.32 Å². The summed E-state index contributed by atoms with van der Waals surface area (Å²) < 4.78 is 11.7. The first-order valence-electron chi connectivity index (χ1n) is 6.69. The molecule has 1 aliphatic rings. The Bertz CT molecular complexity index is 615. The summed E-state index contributed by atoms with van der Waals surface area (Å²) in [4.78, 5) is 0. The molecule has 1 aliphatic heterocycles. The predicted molar refractivity (Wildman–Crippen MR) is 80.9 cm³/mol. The highest BCUT2D eigenvalue weighted by Gasteiger charge is 2.23. The standard InChI is InChI=1S/C16H16ClNO2/c1-2-19-14-6-4-3-5-12(14)16-10-18-13-8-7-11(17)9-15(13)20-16/h3-9,16,18H,2,10H2,1H3. The van der Waals surface area contributed by atoms with Gasteiger partial charge in [0.2, 0.25) is 0 Å². The van der Waals surface area contributed by atoms with Gasteiger partial charge in [-0.25, -0.2) is 0 Å². The molecule has 2 aromatic carbocycles. The number of hydrogen-bond donors (Lipinski definition) is 1. The highest BCUT2D eigenvalue weighted by atomic mass is 35.5. The Hall–Kier alpha value is -1.87. The lowest BCUT2D eigenvalue weighted by molar-refractivity contribution is 0.203. The van der Waals surface area contributed by atoms with Crippen molar-refractivity contribution < 1.29 is 9.47 Å². The van der Waals surface area contributed by atoms with E-state index in [1.165, 1.54) is 0 Å². The lowest BCUT2D eigenvalue weighted by atomic mass is 10.1. The minimum absolute atomic E-state index is 0.0799. The molecule has 1 unspecified atom stereocenters. The van der Waals surface area contributed by atoms with E-state index in [4.69, 9.17) is 21.1 Å². The normalized spacial score (nSPS) is 16.8. The van der Waals surface area contributed by atoms with Crippen molar-refractivity contribution in [2.75, 3.05) is 18.5 Å². The van der Waals surface area contributed by atoms with E-state index in [1.54, 1.807) is 0 Å². The molecule has 3 rings (SSSR count). The Morgan fingerprint density at radius 3 is 3.00 bits per heavy atom. The van der Waals surface area contributed by atoms with E-state index < -0.39 is 0 Å². The van der Waals surface area contributed by atoms with Crippen molar-refractivity contribution in [3.8, 4) is 11.5 Å². The van der Waals surface area contributed by atoms with Crippen molar-refractivity contribution in [2.24, 2.45) is 0 Å². The van der Waals surface area contributed by atoms with Gasteiger partial charge in [0, 0.05) is 16.7 Å². The van der Waals surface area contributed by atoms with E-state index in [1.807, 2.05) is 49.4 Å². The van der Waals surface area contributed by atoms with Crippen LogP contribution in [-0.4, -0.2) is 13.2 Å². The molecule has 104 valence electrons. The molecular weight excluding hydrogens is 274 g/mol. The maximum atomic E-state index is 6.06. The molecule has 1 atom stereocenters. The van der Waals surface area contributed by atoms with Crippen molar-refractivity contribution in [2.45, 2.75) is 13.0 Å². The Labute approximate surface area is 123 Å². The van der Waals surface area contributed by atoms with E-state index in [9.17, 15) is 0 Å². The molecule has 0 spiro atoms. The summed E-state index contributed by atoms with van der Waals surface area (Å²) in [6.07, 6.45) is -0.0799. The zero-order valence-electron chi connectivity index (χ0n) is 11.2. The molecule has 2 aromatic rings. The van der Waals surface area contributed by atoms with Crippen LogP contribution in [0.3, 0.4) is 0 Å². The second-order valence-corrected chi connectivity index (χ2v) is 5.04.